The zero-order valence-electron chi connectivity index (χ0n) is 7.00. The van der Waals surface area contributed by atoms with Crippen molar-refractivity contribution in [2.45, 2.75) is 39.9 Å². The van der Waals surface area contributed by atoms with Gasteiger partial charge in [-0.2, -0.15) is 0 Å². The van der Waals surface area contributed by atoms with Gasteiger partial charge in [-0.1, -0.05) is 0 Å². The van der Waals surface area contributed by atoms with Crippen LogP contribution < -0.4 is 0 Å². The molecule has 0 bridgehead atoms. The predicted octanol–water partition coefficient (Wildman–Crippen LogP) is 0.814. The molecule has 0 radical (unpaired) electrons. The van der Waals surface area contributed by atoms with Crippen LogP contribution in [0.4, 0.5) is 0 Å². The highest BCUT2D eigenvalue weighted by molar-refractivity contribution is 6.34. The van der Waals surface area contributed by atoms with E-state index in [4.69, 9.17) is 14.3 Å². The van der Waals surface area contributed by atoms with Crippen LogP contribution in [0.1, 0.15) is 27.7 Å². The Hall–Kier alpha value is -0.0551. The maximum absolute atomic E-state index is 8.95. The van der Waals surface area contributed by atoms with E-state index in [1.807, 2.05) is 27.7 Å². The van der Waals surface area contributed by atoms with Gasteiger partial charge in [0.05, 0.1) is 0 Å². The van der Waals surface area contributed by atoms with E-state index in [9.17, 15) is 0 Å². The van der Waals surface area contributed by atoms with E-state index in [1.165, 1.54) is 0 Å². The number of hydrogen-bond donors (Lipinski definition) is 1. The van der Waals surface area contributed by atoms with Crippen molar-refractivity contribution in [3.63, 3.8) is 0 Å². The second kappa shape index (κ2) is 4.71. The molecule has 60 valence electrons. The van der Waals surface area contributed by atoms with Gasteiger partial charge in [-0.15, -0.1) is 0 Å². The maximum Gasteiger partial charge on any atom is 0.637 e. The van der Waals surface area contributed by atoms with E-state index in [2.05, 4.69) is 0 Å². The van der Waals surface area contributed by atoms with Crippen molar-refractivity contribution in [3.8, 4) is 0 Å². The van der Waals surface area contributed by atoms with Crippen molar-refractivity contribution in [1.29, 1.82) is 0 Å². The summed E-state index contributed by atoms with van der Waals surface area (Å²) < 4.78 is 9.79. The molecule has 0 amide bonds. The predicted molar refractivity (Wildman–Crippen MR) is 40.4 cm³/mol. The van der Waals surface area contributed by atoms with E-state index >= 15 is 0 Å². The summed E-state index contributed by atoms with van der Waals surface area (Å²) in [5.74, 6) is 0. The Bertz CT molecular complexity index is 75.1. The summed E-state index contributed by atoms with van der Waals surface area (Å²) >= 11 is 0. The zero-order valence-corrected chi connectivity index (χ0v) is 7.00. The smallest absolute Gasteiger partial charge is 0.402 e. The van der Waals surface area contributed by atoms with E-state index in [0.717, 1.165) is 0 Å². The van der Waals surface area contributed by atoms with Crippen LogP contribution in [0.2, 0.25) is 0 Å². The first-order valence-corrected chi connectivity index (χ1v) is 3.51. The summed E-state index contributed by atoms with van der Waals surface area (Å²) in [4.78, 5) is 0. The van der Waals surface area contributed by atoms with Crippen molar-refractivity contribution in [1.82, 2.24) is 0 Å². The molecule has 0 unspecified atom stereocenters. The van der Waals surface area contributed by atoms with Crippen molar-refractivity contribution >= 4 is 7.32 Å². The van der Waals surface area contributed by atoms with Crippen LogP contribution in [0, 0.1) is 0 Å². The highest BCUT2D eigenvalue weighted by Crippen LogP contribution is 1.96. The number of hydrogen-bond acceptors (Lipinski definition) is 3. The van der Waals surface area contributed by atoms with Gasteiger partial charge in [0.1, 0.15) is 0 Å². The molecule has 0 fully saturated rings. The van der Waals surface area contributed by atoms with Crippen molar-refractivity contribution in [2.75, 3.05) is 0 Å². The molecule has 0 saturated carbocycles. The molecule has 0 saturated heterocycles. The average molecular weight is 146 g/mol. The highest BCUT2D eigenvalue weighted by atomic mass is 16.7. The fourth-order valence-corrected chi connectivity index (χ4v) is 0.498. The van der Waals surface area contributed by atoms with E-state index in [0.29, 0.717) is 0 Å². The first-order chi connectivity index (χ1) is 4.52. The summed E-state index contributed by atoms with van der Waals surface area (Å²) in [7, 11) is -1.08. The lowest BCUT2D eigenvalue weighted by Crippen LogP contribution is -2.29. The zero-order chi connectivity index (χ0) is 8.15. The molecular formula is C6H15BO3. The molecule has 4 heteroatoms. The lowest BCUT2D eigenvalue weighted by molar-refractivity contribution is 0.0790. The monoisotopic (exact) mass is 146 g/mol. The van der Waals surface area contributed by atoms with Gasteiger partial charge in [0.15, 0.2) is 0 Å². The van der Waals surface area contributed by atoms with Crippen LogP contribution in [-0.4, -0.2) is 24.6 Å². The standard InChI is InChI=1S/C6H15BO3/c1-5(2)9-7(8)10-6(3)4/h5-6,8H,1-4H3. The van der Waals surface area contributed by atoms with Gasteiger partial charge in [-0.05, 0) is 27.7 Å². The molecule has 0 rings (SSSR count). The third kappa shape index (κ3) is 6.07. The molecule has 1 N–H and O–H groups in total. The summed E-state index contributed by atoms with van der Waals surface area (Å²) in [5.41, 5.74) is 0. The Balaban J connectivity index is 3.34. The highest BCUT2D eigenvalue weighted by Gasteiger charge is 2.18. The van der Waals surface area contributed by atoms with Crippen LogP contribution in [0.3, 0.4) is 0 Å². The summed E-state index contributed by atoms with van der Waals surface area (Å²) in [6, 6.07) is 0. The molecule has 3 nitrogen and oxygen atoms in total. The first-order valence-electron chi connectivity index (χ1n) is 3.51. The van der Waals surface area contributed by atoms with Crippen LogP contribution in [-0.2, 0) is 9.31 Å². The Labute approximate surface area is 62.5 Å². The first kappa shape index (κ1) is 9.94. The Morgan fingerprint density at radius 2 is 1.30 bits per heavy atom. The van der Waals surface area contributed by atoms with Gasteiger partial charge in [0.25, 0.3) is 0 Å². The fourth-order valence-electron chi connectivity index (χ4n) is 0.498. The molecular weight excluding hydrogens is 131 g/mol. The quantitative estimate of drug-likeness (QED) is 0.596. The van der Waals surface area contributed by atoms with Gasteiger partial charge in [-0.25, -0.2) is 0 Å². The minimum absolute atomic E-state index is 0.00579. The van der Waals surface area contributed by atoms with Gasteiger partial charge in [0.2, 0.25) is 0 Å². The third-order valence-corrected chi connectivity index (χ3v) is 0.777. The van der Waals surface area contributed by atoms with Gasteiger partial charge in [-0.3, -0.25) is 0 Å². The Morgan fingerprint density at radius 1 is 1.00 bits per heavy atom. The summed E-state index contributed by atoms with van der Waals surface area (Å²) in [5, 5.41) is 8.95. The third-order valence-electron chi connectivity index (χ3n) is 0.777. The molecule has 10 heavy (non-hydrogen) atoms. The second-order valence-corrected chi connectivity index (χ2v) is 2.68. The molecule has 0 aliphatic rings. The van der Waals surface area contributed by atoms with Gasteiger partial charge in [0, 0.05) is 12.2 Å². The van der Waals surface area contributed by atoms with Crippen LogP contribution >= 0.6 is 0 Å². The lowest BCUT2D eigenvalue weighted by atomic mass is 10.2. The maximum atomic E-state index is 8.95. The Kier molecular flexibility index (Phi) is 4.69. The van der Waals surface area contributed by atoms with Crippen LogP contribution in [0.5, 0.6) is 0 Å². The van der Waals surface area contributed by atoms with Crippen LogP contribution in [0.15, 0.2) is 0 Å². The van der Waals surface area contributed by atoms with Crippen LogP contribution in [0.25, 0.3) is 0 Å². The second-order valence-electron chi connectivity index (χ2n) is 2.68. The number of rotatable bonds is 4. The van der Waals surface area contributed by atoms with E-state index in [1.54, 1.807) is 0 Å². The Morgan fingerprint density at radius 3 is 1.50 bits per heavy atom. The fraction of sp³-hybridized carbons (Fsp3) is 1.00. The average Bonchev–Trinajstić information content (AvgIpc) is 1.58. The molecule has 0 aromatic rings. The molecule has 0 aromatic heterocycles. The van der Waals surface area contributed by atoms with Gasteiger partial charge >= 0.3 is 7.32 Å². The van der Waals surface area contributed by atoms with Crippen molar-refractivity contribution in [2.24, 2.45) is 0 Å². The molecule has 0 atom stereocenters. The molecule has 0 aromatic carbocycles. The minimum atomic E-state index is -1.08. The lowest BCUT2D eigenvalue weighted by Gasteiger charge is -2.13. The minimum Gasteiger partial charge on any atom is -0.402 e. The van der Waals surface area contributed by atoms with Crippen molar-refractivity contribution in [3.05, 3.63) is 0 Å². The summed E-state index contributed by atoms with van der Waals surface area (Å²) in [6.07, 6.45) is -0.0116. The van der Waals surface area contributed by atoms with Gasteiger partial charge < -0.3 is 14.3 Å². The van der Waals surface area contributed by atoms with Crippen molar-refractivity contribution < 1.29 is 14.3 Å². The van der Waals surface area contributed by atoms with E-state index < -0.39 is 7.32 Å². The van der Waals surface area contributed by atoms with E-state index in [-0.39, 0.29) is 12.2 Å². The molecule has 0 heterocycles. The normalized spacial score (nSPS) is 11.1. The molecule has 0 aliphatic heterocycles. The summed E-state index contributed by atoms with van der Waals surface area (Å²) in [6.45, 7) is 7.36. The SMILES string of the molecule is CC(C)OB(O)OC(C)C. The molecule has 0 spiro atoms. The molecule has 0 aliphatic carbocycles. The topological polar surface area (TPSA) is 38.7 Å². The largest absolute Gasteiger partial charge is 0.637 e.